The Balaban J connectivity index is 0.00000243. The maximum atomic E-state index is 12.1. The van der Waals surface area contributed by atoms with E-state index in [1.807, 2.05) is 6.92 Å². The summed E-state index contributed by atoms with van der Waals surface area (Å²) in [5.74, 6) is 0.698. The molecule has 9 heteroatoms. The van der Waals surface area contributed by atoms with Gasteiger partial charge in [0.15, 0.2) is 5.96 Å². The topological polar surface area (TPSA) is 106 Å². The molecule has 1 aliphatic carbocycles. The van der Waals surface area contributed by atoms with Crippen molar-refractivity contribution in [3.63, 3.8) is 0 Å². The standard InChI is InChI=1S/C17H29N5O3.HI/c1-3-18-14(19-11-17(25)7-4-8-17)22-9-5-12(6-10-22)16(2)13(23)20-15(24)21-16;/h12,25H,3-11H2,1-2H3,(H,18,19)(H2,20,21,23,24);1H. The van der Waals surface area contributed by atoms with E-state index in [9.17, 15) is 14.7 Å². The average molecular weight is 479 g/mol. The van der Waals surface area contributed by atoms with Crippen molar-refractivity contribution in [3.8, 4) is 0 Å². The molecule has 3 fully saturated rings. The molecule has 1 atom stereocenters. The first kappa shape index (κ1) is 21.2. The summed E-state index contributed by atoms with van der Waals surface area (Å²) in [4.78, 5) is 30.4. The maximum Gasteiger partial charge on any atom is 0.322 e. The largest absolute Gasteiger partial charge is 0.388 e. The van der Waals surface area contributed by atoms with Crippen LogP contribution in [0.1, 0.15) is 46.0 Å². The highest BCUT2D eigenvalue weighted by molar-refractivity contribution is 14.0. The van der Waals surface area contributed by atoms with Gasteiger partial charge in [0.1, 0.15) is 5.54 Å². The Labute approximate surface area is 171 Å². The van der Waals surface area contributed by atoms with Crippen molar-refractivity contribution in [1.82, 2.24) is 20.9 Å². The summed E-state index contributed by atoms with van der Waals surface area (Å²) in [6, 6.07) is -0.404. The van der Waals surface area contributed by atoms with E-state index in [4.69, 9.17) is 0 Å². The van der Waals surface area contributed by atoms with E-state index in [0.29, 0.717) is 6.54 Å². The number of carbonyl (C=O) groups excluding carboxylic acids is 2. The maximum absolute atomic E-state index is 12.1. The van der Waals surface area contributed by atoms with Gasteiger partial charge >= 0.3 is 6.03 Å². The van der Waals surface area contributed by atoms with E-state index in [1.54, 1.807) is 6.92 Å². The Bertz CT molecular complexity index is 573. The number of hydrogen-bond acceptors (Lipinski definition) is 4. The van der Waals surface area contributed by atoms with Crippen LogP contribution >= 0.6 is 24.0 Å². The zero-order valence-corrected chi connectivity index (χ0v) is 17.8. The summed E-state index contributed by atoms with van der Waals surface area (Å²) < 4.78 is 0. The van der Waals surface area contributed by atoms with Crippen LogP contribution in [-0.4, -0.2) is 65.2 Å². The van der Waals surface area contributed by atoms with E-state index in [2.05, 4.69) is 25.8 Å². The van der Waals surface area contributed by atoms with Crippen LogP contribution < -0.4 is 16.0 Å². The smallest absolute Gasteiger partial charge is 0.322 e. The van der Waals surface area contributed by atoms with E-state index in [0.717, 1.165) is 57.7 Å². The SMILES string of the molecule is CCNC(=NCC1(O)CCC1)N1CCC(C2(C)NC(=O)NC2=O)CC1.I. The molecule has 0 spiro atoms. The number of nitrogens with zero attached hydrogens (tertiary/aromatic N) is 2. The van der Waals surface area contributed by atoms with Gasteiger partial charge in [0.25, 0.3) is 5.91 Å². The fourth-order valence-electron chi connectivity index (χ4n) is 3.90. The quantitative estimate of drug-likeness (QED) is 0.207. The summed E-state index contributed by atoms with van der Waals surface area (Å²) >= 11 is 0. The fraction of sp³-hybridized carbons (Fsp3) is 0.824. The molecule has 2 saturated heterocycles. The molecular formula is C17H30IN5O3. The van der Waals surface area contributed by atoms with E-state index in [1.165, 1.54) is 0 Å². The monoisotopic (exact) mass is 479 g/mol. The lowest BCUT2D eigenvalue weighted by Gasteiger charge is -2.40. The number of carbonyl (C=O) groups is 2. The van der Waals surface area contributed by atoms with Crippen LogP contribution in [0.5, 0.6) is 0 Å². The minimum absolute atomic E-state index is 0. The molecule has 0 aromatic rings. The van der Waals surface area contributed by atoms with Crippen LogP contribution in [0.15, 0.2) is 4.99 Å². The molecule has 2 heterocycles. The van der Waals surface area contributed by atoms with Gasteiger partial charge in [-0.15, -0.1) is 24.0 Å². The highest BCUT2D eigenvalue weighted by atomic mass is 127. The van der Waals surface area contributed by atoms with Crippen LogP contribution in [0.3, 0.4) is 0 Å². The number of imide groups is 1. The number of hydrogen-bond donors (Lipinski definition) is 4. The highest BCUT2D eigenvalue weighted by Crippen LogP contribution is 2.32. The van der Waals surface area contributed by atoms with Gasteiger partial charge in [-0.05, 0) is 51.9 Å². The number of guanidine groups is 1. The van der Waals surface area contributed by atoms with Crippen LogP contribution in [0, 0.1) is 5.92 Å². The van der Waals surface area contributed by atoms with Crippen LogP contribution in [0.2, 0.25) is 0 Å². The molecule has 0 aromatic heterocycles. The van der Waals surface area contributed by atoms with Crippen molar-refractivity contribution >= 4 is 41.9 Å². The molecule has 2 aliphatic heterocycles. The first-order valence-corrected chi connectivity index (χ1v) is 9.25. The van der Waals surface area contributed by atoms with Crippen molar-refractivity contribution in [2.75, 3.05) is 26.2 Å². The molecule has 26 heavy (non-hydrogen) atoms. The molecule has 0 aromatic carbocycles. The number of nitrogens with one attached hydrogen (secondary N) is 3. The van der Waals surface area contributed by atoms with Crippen LogP contribution in [-0.2, 0) is 4.79 Å². The van der Waals surface area contributed by atoms with Gasteiger partial charge < -0.3 is 20.6 Å². The minimum atomic E-state index is -0.820. The van der Waals surface area contributed by atoms with Crippen molar-refractivity contribution < 1.29 is 14.7 Å². The molecule has 8 nitrogen and oxygen atoms in total. The third-order valence-electron chi connectivity index (χ3n) is 5.83. The number of halogens is 1. The number of rotatable bonds is 4. The normalized spacial score (nSPS) is 28.7. The third kappa shape index (κ3) is 4.24. The van der Waals surface area contributed by atoms with E-state index in [-0.39, 0.29) is 35.8 Å². The molecule has 3 amide bonds. The van der Waals surface area contributed by atoms with Crippen molar-refractivity contribution in [2.24, 2.45) is 10.9 Å². The average Bonchev–Trinajstić information content (AvgIpc) is 2.83. The summed E-state index contributed by atoms with van der Waals surface area (Å²) in [6.07, 6.45) is 4.33. The van der Waals surface area contributed by atoms with Gasteiger partial charge in [0.2, 0.25) is 0 Å². The second-order valence-corrected chi connectivity index (χ2v) is 7.62. The number of piperidine rings is 1. The summed E-state index contributed by atoms with van der Waals surface area (Å²) in [5, 5.41) is 18.7. The summed E-state index contributed by atoms with van der Waals surface area (Å²) in [5.41, 5.74) is -1.45. The van der Waals surface area contributed by atoms with Gasteiger partial charge in [-0.2, -0.15) is 0 Å². The molecule has 1 saturated carbocycles. The number of likely N-dealkylation sites (tertiary alicyclic amines) is 1. The number of urea groups is 1. The fourth-order valence-corrected chi connectivity index (χ4v) is 3.90. The zero-order chi connectivity index (χ0) is 18.1. The van der Waals surface area contributed by atoms with E-state index < -0.39 is 17.2 Å². The van der Waals surface area contributed by atoms with Crippen molar-refractivity contribution in [3.05, 3.63) is 0 Å². The van der Waals surface area contributed by atoms with Crippen LogP contribution in [0.25, 0.3) is 0 Å². The first-order valence-electron chi connectivity index (χ1n) is 9.25. The predicted molar refractivity (Wildman–Crippen MR) is 110 cm³/mol. The van der Waals surface area contributed by atoms with Gasteiger partial charge in [0, 0.05) is 19.6 Å². The highest BCUT2D eigenvalue weighted by Gasteiger charge is 2.48. The van der Waals surface area contributed by atoms with E-state index >= 15 is 0 Å². The summed E-state index contributed by atoms with van der Waals surface area (Å²) in [6.45, 7) is 6.58. The van der Waals surface area contributed by atoms with Gasteiger partial charge in [0.05, 0.1) is 12.1 Å². The van der Waals surface area contributed by atoms with Gasteiger partial charge in [-0.1, -0.05) is 0 Å². The first-order chi connectivity index (χ1) is 11.9. The lowest BCUT2D eigenvalue weighted by Crippen LogP contribution is -2.55. The summed E-state index contributed by atoms with van der Waals surface area (Å²) in [7, 11) is 0. The lowest BCUT2D eigenvalue weighted by atomic mass is 9.79. The molecule has 0 bridgehead atoms. The van der Waals surface area contributed by atoms with Crippen molar-refractivity contribution in [2.45, 2.75) is 57.1 Å². The molecule has 148 valence electrons. The number of amides is 3. The second kappa shape index (κ2) is 8.28. The predicted octanol–water partition coefficient (Wildman–Crippen LogP) is 0.795. The second-order valence-electron chi connectivity index (χ2n) is 7.62. The lowest BCUT2D eigenvalue weighted by molar-refractivity contribution is -0.125. The molecular weight excluding hydrogens is 449 g/mol. The molecule has 1 unspecified atom stereocenters. The third-order valence-corrected chi connectivity index (χ3v) is 5.83. The van der Waals surface area contributed by atoms with Gasteiger partial charge in [-0.3, -0.25) is 15.1 Å². The van der Waals surface area contributed by atoms with Gasteiger partial charge in [-0.25, -0.2) is 4.79 Å². The van der Waals surface area contributed by atoms with Crippen molar-refractivity contribution in [1.29, 1.82) is 0 Å². The molecule has 0 radical (unpaired) electrons. The molecule has 3 aliphatic rings. The number of aliphatic hydroxyl groups is 1. The Kier molecular flexibility index (Phi) is 6.75. The van der Waals surface area contributed by atoms with Crippen LogP contribution in [0.4, 0.5) is 4.79 Å². The Morgan fingerprint density at radius 1 is 1.35 bits per heavy atom. The Hall–Kier alpha value is -1.10. The zero-order valence-electron chi connectivity index (χ0n) is 15.5. The Morgan fingerprint density at radius 3 is 2.46 bits per heavy atom. The number of aliphatic imine (C=N–C) groups is 1. The Morgan fingerprint density at radius 2 is 2.00 bits per heavy atom. The minimum Gasteiger partial charge on any atom is -0.388 e. The molecule has 4 N–H and O–H groups in total. The molecule has 3 rings (SSSR count).